The fourth-order valence-corrected chi connectivity index (χ4v) is 3.87. The molecular formula is C23H29N3O2. The molecule has 0 saturated heterocycles. The Balaban J connectivity index is 1.82. The summed E-state index contributed by atoms with van der Waals surface area (Å²) in [4.78, 5) is 17.0. The summed E-state index contributed by atoms with van der Waals surface area (Å²) >= 11 is 0. The van der Waals surface area contributed by atoms with Crippen molar-refractivity contribution >= 4 is 28.0 Å². The lowest BCUT2D eigenvalue weighted by Gasteiger charge is -2.23. The van der Waals surface area contributed by atoms with Crippen LogP contribution in [-0.2, 0) is 11.3 Å². The number of rotatable bonds is 4. The first-order chi connectivity index (χ1) is 13.2. The smallest absolute Gasteiger partial charge is 0.408 e. The van der Waals surface area contributed by atoms with Crippen molar-refractivity contribution in [3.63, 3.8) is 0 Å². The van der Waals surface area contributed by atoms with E-state index in [0.717, 1.165) is 23.7 Å². The Morgan fingerprint density at radius 1 is 1.32 bits per heavy atom. The lowest BCUT2D eigenvalue weighted by Crippen LogP contribution is -2.34. The fraction of sp³-hybridized carbons (Fsp3) is 0.478. The summed E-state index contributed by atoms with van der Waals surface area (Å²) in [6.45, 7) is 10.7. The van der Waals surface area contributed by atoms with Gasteiger partial charge in [-0.05, 0) is 77.1 Å². The van der Waals surface area contributed by atoms with Gasteiger partial charge < -0.3 is 14.6 Å². The molecule has 5 nitrogen and oxygen atoms in total. The van der Waals surface area contributed by atoms with Crippen LogP contribution in [-0.4, -0.2) is 21.2 Å². The second-order valence-electron chi connectivity index (χ2n) is 9.05. The van der Waals surface area contributed by atoms with E-state index in [1.165, 1.54) is 34.7 Å². The third kappa shape index (κ3) is 3.71. The van der Waals surface area contributed by atoms with Crippen LogP contribution in [0.5, 0.6) is 0 Å². The summed E-state index contributed by atoms with van der Waals surface area (Å²) in [5.74, 6) is 0.726. The number of ether oxygens (including phenoxy) is 1. The maximum absolute atomic E-state index is 12.4. The minimum Gasteiger partial charge on any atom is -0.444 e. The summed E-state index contributed by atoms with van der Waals surface area (Å²) in [5, 5.41) is 5.40. The predicted octanol–water partition coefficient (Wildman–Crippen LogP) is 5.49. The van der Waals surface area contributed by atoms with Crippen molar-refractivity contribution in [2.24, 2.45) is 5.92 Å². The predicted molar refractivity (Wildman–Crippen MR) is 112 cm³/mol. The van der Waals surface area contributed by atoms with Gasteiger partial charge in [-0.15, -0.1) is 0 Å². The number of benzene rings is 1. The third-order valence-corrected chi connectivity index (χ3v) is 5.22. The summed E-state index contributed by atoms with van der Waals surface area (Å²) in [6, 6.07) is 8.37. The van der Waals surface area contributed by atoms with Crippen LogP contribution in [0.1, 0.15) is 57.7 Å². The van der Waals surface area contributed by atoms with Crippen molar-refractivity contribution in [1.29, 1.82) is 0 Å². The number of hydrogen-bond donors (Lipinski definition) is 1. The van der Waals surface area contributed by atoms with E-state index in [9.17, 15) is 4.79 Å². The molecule has 1 aliphatic carbocycles. The van der Waals surface area contributed by atoms with Crippen molar-refractivity contribution in [2.45, 2.75) is 65.6 Å². The molecule has 1 fully saturated rings. The van der Waals surface area contributed by atoms with Gasteiger partial charge in [0.15, 0.2) is 0 Å². The lowest BCUT2D eigenvalue weighted by molar-refractivity contribution is 0.0508. The van der Waals surface area contributed by atoms with Crippen LogP contribution >= 0.6 is 0 Å². The standard InChI is InChI=1S/C23H29N3O2/c1-14-11-18(15(2)25-22(27)28-23(3,4)5)20-19(12-14)17-7-6-10-24-21(17)26(20)13-16-8-9-16/h6-7,10-12,15-16H,8-9,13H2,1-5H3,(H,25,27)/t15-/m1/s1. The Labute approximate surface area is 166 Å². The molecule has 1 N–H and O–H groups in total. The van der Waals surface area contributed by atoms with Crippen LogP contribution < -0.4 is 5.32 Å². The van der Waals surface area contributed by atoms with E-state index in [1.54, 1.807) is 0 Å². The highest BCUT2D eigenvalue weighted by Gasteiger charge is 2.27. The van der Waals surface area contributed by atoms with Crippen molar-refractivity contribution in [3.05, 3.63) is 41.6 Å². The minimum atomic E-state index is -0.517. The first kappa shape index (κ1) is 18.8. The van der Waals surface area contributed by atoms with Gasteiger partial charge in [0, 0.05) is 23.5 Å². The third-order valence-electron chi connectivity index (χ3n) is 5.22. The number of carbonyl (C=O) groups is 1. The fourth-order valence-electron chi connectivity index (χ4n) is 3.87. The molecule has 5 heteroatoms. The summed E-state index contributed by atoms with van der Waals surface area (Å²) in [6.07, 6.45) is 4.03. The number of alkyl carbamates (subject to hydrolysis) is 1. The monoisotopic (exact) mass is 379 g/mol. The molecule has 1 aromatic carbocycles. The van der Waals surface area contributed by atoms with Crippen LogP contribution in [0.25, 0.3) is 21.9 Å². The molecule has 148 valence electrons. The molecule has 28 heavy (non-hydrogen) atoms. The number of fused-ring (bicyclic) bond motifs is 3. The second kappa shape index (κ2) is 6.80. The zero-order valence-corrected chi connectivity index (χ0v) is 17.4. The molecule has 0 bridgehead atoms. The van der Waals surface area contributed by atoms with E-state index >= 15 is 0 Å². The number of aryl methyl sites for hydroxylation is 1. The van der Waals surface area contributed by atoms with Gasteiger partial charge in [-0.1, -0.05) is 11.6 Å². The molecule has 4 rings (SSSR count). The van der Waals surface area contributed by atoms with E-state index in [4.69, 9.17) is 4.74 Å². The second-order valence-corrected chi connectivity index (χ2v) is 9.05. The molecule has 1 aliphatic rings. The largest absolute Gasteiger partial charge is 0.444 e. The molecule has 0 spiro atoms. The van der Waals surface area contributed by atoms with Crippen molar-refractivity contribution < 1.29 is 9.53 Å². The van der Waals surface area contributed by atoms with E-state index < -0.39 is 11.7 Å². The summed E-state index contributed by atoms with van der Waals surface area (Å²) in [5.41, 5.74) is 3.97. The lowest BCUT2D eigenvalue weighted by atomic mass is 10.0. The summed E-state index contributed by atoms with van der Waals surface area (Å²) < 4.78 is 7.82. The van der Waals surface area contributed by atoms with Gasteiger partial charge >= 0.3 is 6.09 Å². The van der Waals surface area contributed by atoms with Gasteiger partial charge in [0.2, 0.25) is 0 Å². The van der Waals surface area contributed by atoms with Crippen molar-refractivity contribution in [2.75, 3.05) is 0 Å². The van der Waals surface area contributed by atoms with Crippen molar-refractivity contribution in [1.82, 2.24) is 14.9 Å². The molecule has 1 amide bonds. The first-order valence-electron chi connectivity index (χ1n) is 10.1. The van der Waals surface area contributed by atoms with Gasteiger partial charge in [-0.2, -0.15) is 0 Å². The Bertz CT molecular complexity index is 1040. The Morgan fingerprint density at radius 3 is 2.75 bits per heavy atom. The van der Waals surface area contributed by atoms with Crippen LogP contribution in [0.4, 0.5) is 4.79 Å². The highest BCUT2D eigenvalue weighted by Crippen LogP contribution is 2.38. The van der Waals surface area contributed by atoms with Gasteiger partial charge in [0.25, 0.3) is 0 Å². The molecule has 1 atom stereocenters. The molecule has 1 saturated carbocycles. The van der Waals surface area contributed by atoms with Gasteiger partial charge in [0.05, 0.1) is 11.6 Å². The minimum absolute atomic E-state index is 0.167. The summed E-state index contributed by atoms with van der Waals surface area (Å²) in [7, 11) is 0. The topological polar surface area (TPSA) is 56.1 Å². The maximum atomic E-state index is 12.4. The van der Waals surface area contributed by atoms with Crippen molar-refractivity contribution in [3.8, 4) is 0 Å². The first-order valence-corrected chi connectivity index (χ1v) is 10.1. The average molecular weight is 380 g/mol. The Kier molecular flexibility index (Phi) is 4.56. The SMILES string of the molecule is Cc1cc([C@@H](C)NC(=O)OC(C)(C)C)c2c(c1)c1cccnc1n2CC1CC1. The number of nitrogens with one attached hydrogen (secondary N) is 1. The number of carbonyl (C=O) groups excluding carboxylic acids is 1. The van der Waals surface area contributed by atoms with Crippen LogP contribution in [0.15, 0.2) is 30.5 Å². The van der Waals surface area contributed by atoms with Gasteiger partial charge in [-0.3, -0.25) is 0 Å². The molecule has 0 radical (unpaired) electrons. The molecule has 0 aliphatic heterocycles. The molecular weight excluding hydrogens is 350 g/mol. The molecule has 2 heterocycles. The van der Waals surface area contributed by atoms with Gasteiger partial charge in [0.1, 0.15) is 11.2 Å². The molecule has 0 unspecified atom stereocenters. The highest BCUT2D eigenvalue weighted by atomic mass is 16.6. The van der Waals surface area contributed by atoms with Crippen LogP contribution in [0, 0.1) is 12.8 Å². The average Bonchev–Trinajstić information content (AvgIpc) is 3.36. The quantitative estimate of drug-likeness (QED) is 0.652. The Hall–Kier alpha value is -2.56. The van der Waals surface area contributed by atoms with E-state index in [1.807, 2.05) is 40.0 Å². The van der Waals surface area contributed by atoms with E-state index in [2.05, 4.69) is 40.0 Å². The molecule has 3 aromatic rings. The number of aromatic nitrogens is 2. The number of pyridine rings is 1. The maximum Gasteiger partial charge on any atom is 0.408 e. The zero-order chi connectivity index (χ0) is 20.1. The highest BCUT2D eigenvalue weighted by molar-refractivity contribution is 6.08. The Morgan fingerprint density at radius 2 is 2.07 bits per heavy atom. The van der Waals surface area contributed by atoms with Gasteiger partial charge in [-0.25, -0.2) is 9.78 Å². The normalized spacial score (nSPS) is 15.8. The zero-order valence-electron chi connectivity index (χ0n) is 17.4. The van der Waals surface area contributed by atoms with Crippen LogP contribution in [0.2, 0.25) is 0 Å². The number of amides is 1. The molecule has 2 aromatic heterocycles. The van der Waals surface area contributed by atoms with E-state index in [-0.39, 0.29) is 6.04 Å². The van der Waals surface area contributed by atoms with E-state index in [0.29, 0.717) is 0 Å². The number of nitrogens with zero attached hydrogens (tertiary/aromatic N) is 2. The number of hydrogen-bond acceptors (Lipinski definition) is 3. The van der Waals surface area contributed by atoms with Crippen LogP contribution in [0.3, 0.4) is 0 Å².